The molecular formula is C13H19BrN2O2S. The lowest BCUT2D eigenvalue weighted by atomic mass is 9.81. The summed E-state index contributed by atoms with van der Waals surface area (Å²) in [5.74, 6) is 0.464. The van der Waals surface area contributed by atoms with Gasteiger partial charge in [0, 0.05) is 17.1 Å². The molecule has 0 aromatic heterocycles. The van der Waals surface area contributed by atoms with Crippen molar-refractivity contribution in [2.45, 2.75) is 43.7 Å². The largest absolute Gasteiger partial charge is 0.326 e. The number of sulfonamides is 1. The van der Waals surface area contributed by atoms with Gasteiger partial charge in [-0.05, 0) is 59.3 Å². The molecule has 106 valence electrons. The highest BCUT2D eigenvalue weighted by molar-refractivity contribution is 9.10. The maximum Gasteiger partial charge on any atom is 0.241 e. The van der Waals surface area contributed by atoms with Gasteiger partial charge in [0.2, 0.25) is 10.0 Å². The third-order valence-electron chi connectivity index (χ3n) is 3.72. The highest BCUT2D eigenvalue weighted by Gasteiger charge is 2.28. The third-order valence-corrected chi connectivity index (χ3v) is 6.27. The van der Waals surface area contributed by atoms with Crippen LogP contribution in [-0.4, -0.2) is 14.5 Å². The topological polar surface area (TPSA) is 72.2 Å². The number of benzene rings is 1. The molecule has 1 aromatic rings. The SMILES string of the molecule is CC(NS(=O)(=O)c1cc(CN)ccc1Br)C1CCC1. The second-order valence-corrected chi connectivity index (χ2v) is 7.61. The Bertz CT molecular complexity index is 556. The minimum absolute atomic E-state index is 0.0211. The van der Waals surface area contributed by atoms with E-state index in [0.29, 0.717) is 16.9 Å². The normalized spacial score (nSPS) is 18.1. The molecule has 0 saturated heterocycles. The van der Waals surface area contributed by atoms with Crippen LogP contribution >= 0.6 is 15.9 Å². The second kappa shape index (κ2) is 5.91. The fraction of sp³-hybridized carbons (Fsp3) is 0.538. The number of hydrogen-bond acceptors (Lipinski definition) is 3. The number of halogens is 1. The third kappa shape index (κ3) is 3.37. The maximum absolute atomic E-state index is 12.4. The minimum atomic E-state index is -3.50. The molecule has 0 aliphatic heterocycles. The fourth-order valence-electron chi connectivity index (χ4n) is 2.22. The molecule has 19 heavy (non-hydrogen) atoms. The van der Waals surface area contributed by atoms with Crippen LogP contribution < -0.4 is 10.5 Å². The van der Waals surface area contributed by atoms with Gasteiger partial charge in [0.1, 0.15) is 0 Å². The Morgan fingerprint density at radius 1 is 1.47 bits per heavy atom. The van der Waals surface area contributed by atoms with Crippen LogP contribution in [0.25, 0.3) is 0 Å². The molecule has 1 aromatic carbocycles. The summed E-state index contributed by atoms with van der Waals surface area (Å²) >= 11 is 3.29. The summed E-state index contributed by atoms with van der Waals surface area (Å²) < 4.78 is 28.1. The van der Waals surface area contributed by atoms with E-state index in [1.807, 2.05) is 13.0 Å². The molecule has 3 N–H and O–H groups in total. The number of rotatable bonds is 5. The molecule has 0 spiro atoms. The van der Waals surface area contributed by atoms with E-state index in [2.05, 4.69) is 20.7 Å². The smallest absolute Gasteiger partial charge is 0.241 e. The summed E-state index contributed by atoms with van der Waals surface area (Å²) in [6, 6.07) is 5.15. The van der Waals surface area contributed by atoms with E-state index in [-0.39, 0.29) is 10.9 Å². The number of nitrogens with two attached hydrogens (primary N) is 1. The van der Waals surface area contributed by atoms with Gasteiger partial charge in [0.05, 0.1) is 4.90 Å². The van der Waals surface area contributed by atoms with E-state index in [4.69, 9.17) is 5.73 Å². The van der Waals surface area contributed by atoms with Gasteiger partial charge in [-0.3, -0.25) is 0 Å². The molecule has 1 aliphatic carbocycles. The quantitative estimate of drug-likeness (QED) is 0.859. The van der Waals surface area contributed by atoms with Crippen LogP contribution in [-0.2, 0) is 16.6 Å². The van der Waals surface area contributed by atoms with Crippen molar-refractivity contribution >= 4 is 26.0 Å². The average Bonchev–Trinajstić information content (AvgIpc) is 2.26. The molecule has 1 unspecified atom stereocenters. The Morgan fingerprint density at radius 3 is 2.68 bits per heavy atom. The van der Waals surface area contributed by atoms with E-state index >= 15 is 0 Å². The summed E-state index contributed by atoms with van der Waals surface area (Å²) in [6.07, 6.45) is 3.41. The fourth-order valence-corrected chi connectivity index (χ4v) is 4.55. The van der Waals surface area contributed by atoms with Crippen LogP contribution in [0.3, 0.4) is 0 Å². The molecule has 0 bridgehead atoms. The van der Waals surface area contributed by atoms with Crippen molar-refractivity contribution in [1.29, 1.82) is 0 Å². The first-order valence-electron chi connectivity index (χ1n) is 6.45. The maximum atomic E-state index is 12.4. The Morgan fingerprint density at radius 2 is 2.16 bits per heavy atom. The van der Waals surface area contributed by atoms with Crippen LogP contribution in [0.2, 0.25) is 0 Å². The number of nitrogens with one attached hydrogen (secondary N) is 1. The van der Waals surface area contributed by atoms with Gasteiger partial charge in [0.15, 0.2) is 0 Å². The van der Waals surface area contributed by atoms with E-state index in [9.17, 15) is 8.42 Å². The van der Waals surface area contributed by atoms with Crippen LogP contribution in [0.15, 0.2) is 27.6 Å². The second-order valence-electron chi connectivity index (χ2n) is 5.07. The summed E-state index contributed by atoms with van der Waals surface area (Å²) in [5.41, 5.74) is 6.37. The van der Waals surface area contributed by atoms with Crippen molar-refractivity contribution in [3.8, 4) is 0 Å². The molecular weight excluding hydrogens is 328 g/mol. The van der Waals surface area contributed by atoms with E-state index in [1.54, 1.807) is 12.1 Å². The van der Waals surface area contributed by atoms with E-state index in [0.717, 1.165) is 18.4 Å². The van der Waals surface area contributed by atoms with Gasteiger partial charge in [-0.2, -0.15) is 0 Å². The Kier molecular flexibility index (Phi) is 4.66. The molecule has 1 fully saturated rings. The van der Waals surface area contributed by atoms with Gasteiger partial charge in [0.25, 0.3) is 0 Å². The zero-order valence-electron chi connectivity index (χ0n) is 10.9. The van der Waals surface area contributed by atoms with Gasteiger partial charge in [-0.25, -0.2) is 13.1 Å². The molecule has 6 heteroatoms. The van der Waals surface area contributed by atoms with Gasteiger partial charge >= 0.3 is 0 Å². The molecule has 4 nitrogen and oxygen atoms in total. The van der Waals surface area contributed by atoms with E-state index < -0.39 is 10.0 Å². The van der Waals surface area contributed by atoms with Crippen LogP contribution in [0.1, 0.15) is 31.7 Å². The average molecular weight is 347 g/mol. The summed E-state index contributed by atoms with van der Waals surface area (Å²) in [4.78, 5) is 0.265. The van der Waals surface area contributed by atoms with Crippen molar-refractivity contribution in [2.24, 2.45) is 11.7 Å². The lowest BCUT2D eigenvalue weighted by molar-refractivity contribution is 0.260. The van der Waals surface area contributed by atoms with Crippen LogP contribution in [0, 0.1) is 5.92 Å². The molecule has 0 radical (unpaired) electrons. The predicted octanol–water partition coefficient (Wildman–Crippen LogP) is 2.37. The highest BCUT2D eigenvalue weighted by Crippen LogP contribution is 2.31. The van der Waals surface area contributed by atoms with E-state index in [1.165, 1.54) is 6.42 Å². The first-order valence-corrected chi connectivity index (χ1v) is 8.72. The molecule has 1 saturated carbocycles. The first-order chi connectivity index (χ1) is 8.94. The summed E-state index contributed by atoms with van der Waals surface area (Å²) in [5, 5.41) is 0. The van der Waals surface area contributed by atoms with Crippen LogP contribution in [0.5, 0.6) is 0 Å². The number of hydrogen-bond donors (Lipinski definition) is 2. The zero-order chi connectivity index (χ0) is 14.0. The van der Waals surface area contributed by atoms with Gasteiger partial charge in [-0.1, -0.05) is 12.5 Å². The zero-order valence-corrected chi connectivity index (χ0v) is 13.3. The van der Waals surface area contributed by atoms with Crippen molar-refractivity contribution < 1.29 is 8.42 Å². The van der Waals surface area contributed by atoms with Crippen molar-refractivity contribution in [3.05, 3.63) is 28.2 Å². The lowest BCUT2D eigenvalue weighted by Gasteiger charge is -2.31. The molecule has 1 atom stereocenters. The lowest BCUT2D eigenvalue weighted by Crippen LogP contribution is -2.40. The Balaban J connectivity index is 2.23. The molecule has 1 aliphatic rings. The predicted molar refractivity (Wildman–Crippen MR) is 79.2 cm³/mol. The van der Waals surface area contributed by atoms with Crippen molar-refractivity contribution in [2.75, 3.05) is 0 Å². The van der Waals surface area contributed by atoms with Gasteiger partial charge in [-0.15, -0.1) is 0 Å². The summed E-state index contributed by atoms with van der Waals surface area (Å²) in [7, 11) is -3.50. The van der Waals surface area contributed by atoms with Crippen molar-refractivity contribution in [1.82, 2.24) is 4.72 Å². The van der Waals surface area contributed by atoms with Gasteiger partial charge < -0.3 is 5.73 Å². The summed E-state index contributed by atoms with van der Waals surface area (Å²) in [6.45, 7) is 2.26. The monoisotopic (exact) mass is 346 g/mol. The highest BCUT2D eigenvalue weighted by atomic mass is 79.9. The minimum Gasteiger partial charge on any atom is -0.326 e. The molecule has 0 heterocycles. The molecule has 0 amide bonds. The Labute approximate surface area is 122 Å². The van der Waals surface area contributed by atoms with Crippen LogP contribution in [0.4, 0.5) is 0 Å². The first kappa shape index (κ1) is 15.0. The molecule has 2 rings (SSSR count). The van der Waals surface area contributed by atoms with Crippen molar-refractivity contribution in [3.63, 3.8) is 0 Å². The Hall–Kier alpha value is -0.430. The standard InChI is InChI=1S/C13H19BrN2O2S/c1-9(11-3-2-4-11)16-19(17,18)13-7-10(8-15)5-6-12(13)14/h5-7,9,11,16H,2-4,8,15H2,1H3.